The predicted octanol–water partition coefficient (Wildman–Crippen LogP) is 5.61. The van der Waals surface area contributed by atoms with Crippen molar-refractivity contribution in [3.63, 3.8) is 0 Å². The molecule has 8 rings (SSSR count). The molecule has 3 aliphatic rings. The largest absolute Gasteiger partial charge is 0.346 e. The molecular weight excluding hydrogens is 678 g/mol. The van der Waals surface area contributed by atoms with Gasteiger partial charge in [-0.2, -0.15) is 5.10 Å². The highest BCUT2D eigenvalue weighted by atomic mass is 35.5. The van der Waals surface area contributed by atoms with Gasteiger partial charge in [0.2, 0.25) is 11.8 Å². The SMILES string of the molecule is CCc1c[nH]c2ncc(-c3cccc(N4CCN(CCCN5CC=C(c6ccc7c(N8CCC(=O)NC8=O)nn(C)c7c6)CC5)CC4=O)c3)c(Cl)c12. The third-order valence-corrected chi connectivity index (χ3v) is 11.0. The number of imide groups is 1. The summed E-state index contributed by atoms with van der Waals surface area (Å²) in [5, 5.41) is 9.54. The predicted molar refractivity (Wildman–Crippen MR) is 205 cm³/mol. The normalized spacial score (nSPS) is 17.8. The Bertz CT molecular complexity index is 2240. The molecule has 0 radical (unpaired) electrons. The maximum absolute atomic E-state index is 13.4. The van der Waals surface area contributed by atoms with E-state index in [-0.39, 0.29) is 18.2 Å². The lowest BCUT2D eigenvalue weighted by molar-refractivity contribution is -0.121. The fraction of sp³-hybridized carbons (Fsp3) is 0.359. The van der Waals surface area contributed by atoms with Gasteiger partial charge in [-0.05, 0) is 78.9 Å². The minimum atomic E-state index is -0.428. The first-order valence-corrected chi connectivity index (χ1v) is 18.4. The molecule has 52 heavy (non-hydrogen) atoms. The van der Waals surface area contributed by atoms with Crippen LogP contribution in [0.4, 0.5) is 16.3 Å². The molecule has 2 saturated heterocycles. The second kappa shape index (κ2) is 14.2. The van der Waals surface area contributed by atoms with E-state index in [1.165, 1.54) is 5.57 Å². The van der Waals surface area contributed by atoms with Crippen LogP contribution >= 0.6 is 11.6 Å². The standard InChI is InChI=1S/C39H42ClN9O3/c1-3-25-22-41-37-35(25)36(40)31(23-42-37)28-6-4-7-29(20-28)48-19-18-47(24-34(48)51)14-5-13-46-15-10-26(11-16-46)27-8-9-30-32(21-27)45(2)44-38(30)49-17-12-33(50)43-39(49)52/h4,6-10,20-23H,3,5,11-19,24H2,1-2H3,(H,41,42)(H,43,50,52). The maximum Gasteiger partial charge on any atom is 0.329 e. The number of aryl methyl sites for hydroxylation is 2. The Morgan fingerprint density at radius 2 is 1.79 bits per heavy atom. The molecule has 2 aromatic carbocycles. The molecule has 268 valence electrons. The second-order valence-electron chi connectivity index (χ2n) is 13.8. The molecule has 2 fully saturated rings. The number of carbonyl (C=O) groups excluding carboxylic acids is 3. The summed E-state index contributed by atoms with van der Waals surface area (Å²) >= 11 is 6.91. The molecule has 3 aromatic heterocycles. The molecule has 0 atom stereocenters. The average Bonchev–Trinajstić information content (AvgIpc) is 3.73. The van der Waals surface area contributed by atoms with Crippen LogP contribution in [0.15, 0.2) is 60.9 Å². The van der Waals surface area contributed by atoms with E-state index in [4.69, 9.17) is 11.6 Å². The summed E-state index contributed by atoms with van der Waals surface area (Å²) in [6.45, 7) is 8.02. The first kappa shape index (κ1) is 34.1. The number of aromatic nitrogens is 4. The van der Waals surface area contributed by atoms with Crippen LogP contribution in [0.1, 0.15) is 37.3 Å². The van der Waals surface area contributed by atoms with Crippen molar-refractivity contribution in [1.29, 1.82) is 0 Å². The first-order valence-electron chi connectivity index (χ1n) is 18.0. The number of hydrogen-bond acceptors (Lipinski definition) is 7. The molecule has 12 nitrogen and oxygen atoms in total. The molecule has 3 aliphatic heterocycles. The molecule has 6 heterocycles. The van der Waals surface area contributed by atoms with Gasteiger partial charge in [0.1, 0.15) is 5.65 Å². The zero-order valence-electron chi connectivity index (χ0n) is 29.5. The molecule has 4 amide bonds. The van der Waals surface area contributed by atoms with Gasteiger partial charge in [-0.1, -0.05) is 42.8 Å². The number of hydrogen-bond donors (Lipinski definition) is 2. The van der Waals surface area contributed by atoms with Crippen LogP contribution < -0.4 is 15.1 Å². The van der Waals surface area contributed by atoms with Gasteiger partial charge in [0.15, 0.2) is 5.82 Å². The molecule has 0 aliphatic carbocycles. The van der Waals surface area contributed by atoms with Gasteiger partial charge in [-0.25, -0.2) is 9.78 Å². The smallest absolute Gasteiger partial charge is 0.329 e. The van der Waals surface area contributed by atoms with Gasteiger partial charge in [0, 0.05) is 80.6 Å². The number of halogens is 1. The third kappa shape index (κ3) is 6.46. The summed E-state index contributed by atoms with van der Waals surface area (Å²) in [6, 6.07) is 13.9. The van der Waals surface area contributed by atoms with Gasteiger partial charge in [0.25, 0.3) is 0 Å². The lowest BCUT2D eigenvalue weighted by Crippen LogP contribution is -2.51. The summed E-state index contributed by atoms with van der Waals surface area (Å²) in [6.07, 6.45) is 9.15. The van der Waals surface area contributed by atoms with Crippen molar-refractivity contribution in [2.45, 2.75) is 32.6 Å². The highest BCUT2D eigenvalue weighted by Gasteiger charge is 2.29. The highest BCUT2D eigenvalue weighted by molar-refractivity contribution is 6.38. The molecule has 0 saturated carbocycles. The number of H-pyrrole nitrogens is 1. The van der Waals surface area contributed by atoms with Crippen LogP contribution in [0.2, 0.25) is 5.02 Å². The van der Waals surface area contributed by atoms with Crippen molar-refractivity contribution in [3.05, 3.63) is 77.1 Å². The van der Waals surface area contributed by atoms with E-state index in [1.807, 2.05) is 48.5 Å². The number of nitrogens with zero attached hydrogens (tertiary/aromatic N) is 7. The summed E-state index contributed by atoms with van der Waals surface area (Å²) in [5.74, 6) is 0.427. The van der Waals surface area contributed by atoms with Crippen molar-refractivity contribution < 1.29 is 14.4 Å². The molecule has 13 heteroatoms. The van der Waals surface area contributed by atoms with Crippen LogP contribution in [0, 0.1) is 0 Å². The number of aromatic amines is 1. The lowest BCUT2D eigenvalue weighted by Gasteiger charge is -2.35. The van der Waals surface area contributed by atoms with E-state index in [9.17, 15) is 14.4 Å². The van der Waals surface area contributed by atoms with Crippen molar-refractivity contribution in [1.82, 2.24) is 34.9 Å². The number of anilines is 2. The summed E-state index contributed by atoms with van der Waals surface area (Å²) < 4.78 is 1.80. The molecular formula is C39H42ClN9O3. The Morgan fingerprint density at radius 3 is 2.58 bits per heavy atom. The number of amides is 4. The van der Waals surface area contributed by atoms with Gasteiger partial charge in [-0.3, -0.25) is 34.3 Å². The van der Waals surface area contributed by atoms with Crippen molar-refractivity contribution >= 4 is 68.5 Å². The highest BCUT2D eigenvalue weighted by Crippen LogP contribution is 2.37. The van der Waals surface area contributed by atoms with Crippen molar-refractivity contribution in [2.75, 3.05) is 62.2 Å². The lowest BCUT2D eigenvalue weighted by atomic mass is 9.98. The van der Waals surface area contributed by atoms with Crippen LogP contribution in [-0.4, -0.2) is 99.8 Å². The Morgan fingerprint density at radius 1 is 0.923 bits per heavy atom. The van der Waals surface area contributed by atoms with E-state index in [0.29, 0.717) is 30.5 Å². The first-order chi connectivity index (χ1) is 25.3. The van der Waals surface area contributed by atoms with Crippen LogP contribution in [-0.2, 0) is 23.1 Å². The van der Waals surface area contributed by atoms with Crippen molar-refractivity contribution in [3.8, 4) is 11.1 Å². The Balaban J connectivity index is 0.843. The zero-order chi connectivity index (χ0) is 35.9. The van der Waals surface area contributed by atoms with E-state index >= 15 is 0 Å². The molecule has 2 N–H and O–H groups in total. The number of nitrogens with one attached hydrogen (secondary N) is 2. The van der Waals surface area contributed by atoms with Crippen LogP contribution in [0.3, 0.4) is 0 Å². The number of piperazine rings is 1. The fourth-order valence-corrected chi connectivity index (χ4v) is 8.09. The summed E-state index contributed by atoms with van der Waals surface area (Å²) in [5.41, 5.74) is 8.04. The average molecular weight is 720 g/mol. The van der Waals surface area contributed by atoms with Crippen LogP contribution in [0.5, 0.6) is 0 Å². The van der Waals surface area contributed by atoms with Crippen LogP contribution in [0.25, 0.3) is 38.6 Å². The summed E-state index contributed by atoms with van der Waals surface area (Å²) in [7, 11) is 1.88. The Hall–Kier alpha value is -5.04. The van der Waals surface area contributed by atoms with Gasteiger partial charge >= 0.3 is 6.03 Å². The van der Waals surface area contributed by atoms with E-state index in [0.717, 1.165) is 102 Å². The maximum atomic E-state index is 13.4. The number of urea groups is 1. The Kier molecular flexibility index (Phi) is 9.29. The van der Waals surface area contributed by atoms with Gasteiger partial charge < -0.3 is 9.88 Å². The Labute approximate surface area is 307 Å². The van der Waals surface area contributed by atoms with Gasteiger partial charge in [0.05, 0.1) is 17.1 Å². The second-order valence-corrected chi connectivity index (χ2v) is 14.2. The number of fused-ring (bicyclic) bond motifs is 2. The number of benzene rings is 2. The van der Waals surface area contributed by atoms with Gasteiger partial charge in [-0.15, -0.1) is 0 Å². The fourth-order valence-electron chi connectivity index (χ4n) is 7.72. The summed E-state index contributed by atoms with van der Waals surface area (Å²) in [4.78, 5) is 53.4. The minimum Gasteiger partial charge on any atom is -0.346 e. The molecule has 5 aromatic rings. The van der Waals surface area contributed by atoms with E-state index < -0.39 is 6.03 Å². The number of rotatable bonds is 9. The zero-order valence-corrected chi connectivity index (χ0v) is 30.2. The molecule has 0 spiro atoms. The van der Waals surface area contributed by atoms with E-state index in [2.05, 4.69) is 55.3 Å². The van der Waals surface area contributed by atoms with Crippen molar-refractivity contribution in [2.24, 2.45) is 7.05 Å². The molecule has 0 bridgehead atoms. The molecule has 0 unspecified atom stereocenters. The third-order valence-electron chi connectivity index (χ3n) is 10.6. The number of carbonyl (C=O) groups is 3. The quantitative estimate of drug-likeness (QED) is 0.203. The number of pyridine rings is 1. The minimum absolute atomic E-state index is 0.110. The van der Waals surface area contributed by atoms with E-state index in [1.54, 1.807) is 15.8 Å². The topological polar surface area (TPSA) is 123 Å². The monoisotopic (exact) mass is 719 g/mol.